The van der Waals surface area contributed by atoms with E-state index in [-0.39, 0.29) is 11.2 Å². The second kappa shape index (κ2) is 4.68. The zero-order chi connectivity index (χ0) is 15.3. The third-order valence-electron chi connectivity index (χ3n) is 4.34. The third kappa shape index (κ3) is 2.28. The van der Waals surface area contributed by atoms with Crippen LogP contribution in [0.15, 0.2) is 24.5 Å². The first-order chi connectivity index (χ1) is 9.84. The third-order valence-corrected chi connectivity index (χ3v) is 4.34. The molecule has 2 heterocycles. The Bertz CT molecular complexity index is 672. The number of aromatic nitrogens is 2. The van der Waals surface area contributed by atoms with E-state index in [0.717, 1.165) is 16.4 Å². The molecule has 2 aromatic rings. The van der Waals surface area contributed by atoms with Gasteiger partial charge in [0, 0.05) is 0 Å². The number of hydrogen-bond acceptors (Lipinski definition) is 5. The van der Waals surface area contributed by atoms with Crippen LogP contribution in [0.25, 0.3) is 10.9 Å². The van der Waals surface area contributed by atoms with Gasteiger partial charge in [0.1, 0.15) is 6.33 Å². The van der Waals surface area contributed by atoms with E-state index in [2.05, 4.69) is 9.97 Å². The molecule has 6 heteroatoms. The Morgan fingerprint density at radius 1 is 1.05 bits per heavy atom. The normalized spacial score (nSPS) is 20.0. The highest BCUT2D eigenvalue weighted by atomic mass is 16.7. The van der Waals surface area contributed by atoms with Crippen LogP contribution in [0.3, 0.4) is 0 Å². The van der Waals surface area contributed by atoms with Crippen LogP contribution in [0.5, 0.6) is 5.88 Å². The Labute approximate surface area is 124 Å². The maximum absolute atomic E-state index is 6.07. The second-order valence-corrected chi connectivity index (χ2v) is 6.25. The number of methoxy groups -OCH3 is 1. The largest absolute Gasteiger partial charge is 0.494 e. The zero-order valence-electron chi connectivity index (χ0n) is 13.0. The minimum absolute atomic E-state index is 0.357. The summed E-state index contributed by atoms with van der Waals surface area (Å²) in [5, 5.41) is 0.854. The van der Waals surface area contributed by atoms with Crippen molar-refractivity contribution in [1.29, 1.82) is 0 Å². The lowest BCUT2D eigenvalue weighted by Crippen LogP contribution is -2.41. The Hall–Kier alpha value is -1.66. The molecule has 5 nitrogen and oxygen atoms in total. The molecule has 0 unspecified atom stereocenters. The van der Waals surface area contributed by atoms with Gasteiger partial charge in [0.2, 0.25) is 5.88 Å². The van der Waals surface area contributed by atoms with Crippen molar-refractivity contribution in [3.63, 3.8) is 0 Å². The molecule has 1 aliphatic heterocycles. The van der Waals surface area contributed by atoms with E-state index in [9.17, 15) is 0 Å². The Kier molecular flexibility index (Phi) is 3.18. The van der Waals surface area contributed by atoms with Gasteiger partial charge in [-0.25, -0.2) is 9.97 Å². The quantitative estimate of drug-likeness (QED) is 0.790. The van der Waals surface area contributed by atoms with Crippen LogP contribution in [0.1, 0.15) is 27.7 Å². The van der Waals surface area contributed by atoms with E-state index >= 15 is 0 Å². The minimum atomic E-state index is -0.399. The summed E-state index contributed by atoms with van der Waals surface area (Å²) < 4.78 is 17.4. The molecule has 1 aromatic carbocycles. The molecule has 1 saturated heterocycles. The molecule has 3 rings (SSSR count). The van der Waals surface area contributed by atoms with Crippen molar-refractivity contribution < 1.29 is 14.0 Å². The SMILES string of the molecule is COc1ncnc2ccc(B3OC(C)(C)C(C)(C)O3)cc12. The van der Waals surface area contributed by atoms with Crippen molar-refractivity contribution in [2.75, 3.05) is 7.11 Å². The Balaban J connectivity index is 2.03. The summed E-state index contributed by atoms with van der Waals surface area (Å²) in [5.41, 5.74) is 1.06. The summed E-state index contributed by atoms with van der Waals surface area (Å²) in [5.74, 6) is 0.554. The first kappa shape index (κ1) is 14.3. The van der Waals surface area contributed by atoms with Gasteiger partial charge < -0.3 is 14.0 Å². The molecule has 21 heavy (non-hydrogen) atoms. The van der Waals surface area contributed by atoms with Crippen LogP contribution >= 0.6 is 0 Å². The standard InChI is InChI=1S/C15H19BN2O3/c1-14(2)15(3,4)21-16(20-14)10-6-7-12-11(8-10)13(19-5)18-9-17-12/h6-9H,1-5H3. The highest BCUT2D eigenvalue weighted by Crippen LogP contribution is 2.36. The van der Waals surface area contributed by atoms with Crippen molar-refractivity contribution in [3.8, 4) is 5.88 Å². The lowest BCUT2D eigenvalue weighted by molar-refractivity contribution is 0.00578. The maximum Gasteiger partial charge on any atom is 0.494 e. The fourth-order valence-electron chi connectivity index (χ4n) is 2.34. The highest BCUT2D eigenvalue weighted by Gasteiger charge is 2.51. The average Bonchev–Trinajstić information content (AvgIpc) is 2.66. The molecule has 0 amide bonds. The summed E-state index contributed by atoms with van der Waals surface area (Å²) >= 11 is 0. The monoisotopic (exact) mass is 286 g/mol. The van der Waals surface area contributed by atoms with Gasteiger partial charge in [-0.1, -0.05) is 6.07 Å². The summed E-state index contributed by atoms with van der Waals surface area (Å²) in [4.78, 5) is 8.38. The molecule has 110 valence electrons. The molecule has 0 aliphatic carbocycles. The summed E-state index contributed by atoms with van der Waals surface area (Å²) in [6.45, 7) is 8.16. The lowest BCUT2D eigenvalue weighted by atomic mass is 9.78. The van der Waals surface area contributed by atoms with Crippen molar-refractivity contribution in [3.05, 3.63) is 24.5 Å². The summed E-state index contributed by atoms with van der Waals surface area (Å²) in [6, 6.07) is 5.87. The summed E-state index contributed by atoms with van der Waals surface area (Å²) in [7, 11) is 1.20. The molecule has 0 radical (unpaired) electrons. The van der Waals surface area contributed by atoms with Gasteiger partial charge >= 0.3 is 7.12 Å². The first-order valence-corrected chi connectivity index (χ1v) is 6.98. The number of fused-ring (bicyclic) bond motifs is 1. The van der Waals surface area contributed by atoms with Crippen LogP contribution in [0.4, 0.5) is 0 Å². The molecular formula is C15H19BN2O3. The van der Waals surface area contributed by atoms with Gasteiger partial charge in [0.15, 0.2) is 0 Å². The van der Waals surface area contributed by atoms with E-state index in [0.29, 0.717) is 5.88 Å². The van der Waals surface area contributed by atoms with Gasteiger partial charge in [-0.2, -0.15) is 0 Å². The molecule has 0 spiro atoms. The number of rotatable bonds is 2. The second-order valence-electron chi connectivity index (χ2n) is 6.25. The van der Waals surface area contributed by atoms with Gasteiger partial charge in [0.05, 0.1) is 29.2 Å². The van der Waals surface area contributed by atoms with E-state index < -0.39 is 7.12 Å². The Morgan fingerprint density at radius 2 is 1.71 bits per heavy atom. The van der Waals surface area contributed by atoms with E-state index in [4.69, 9.17) is 14.0 Å². The van der Waals surface area contributed by atoms with Crippen molar-refractivity contribution >= 4 is 23.5 Å². The minimum Gasteiger partial charge on any atom is -0.480 e. The zero-order valence-corrected chi connectivity index (χ0v) is 13.0. The predicted molar refractivity (Wildman–Crippen MR) is 81.8 cm³/mol. The molecule has 0 saturated carbocycles. The number of nitrogens with zero attached hydrogens (tertiary/aromatic N) is 2. The topological polar surface area (TPSA) is 53.5 Å². The maximum atomic E-state index is 6.07. The van der Waals surface area contributed by atoms with Crippen molar-refractivity contribution in [1.82, 2.24) is 9.97 Å². The van der Waals surface area contributed by atoms with Crippen LogP contribution in [-0.2, 0) is 9.31 Å². The van der Waals surface area contributed by atoms with Gasteiger partial charge in [0.25, 0.3) is 0 Å². The van der Waals surface area contributed by atoms with Crippen molar-refractivity contribution in [2.24, 2.45) is 0 Å². The van der Waals surface area contributed by atoms with Crippen LogP contribution < -0.4 is 10.2 Å². The van der Waals surface area contributed by atoms with Crippen LogP contribution in [-0.4, -0.2) is 35.4 Å². The Morgan fingerprint density at radius 3 is 2.33 bits per heavy atom. The lowest BCUT2D eigenvalue weighted by Gasteiger charge is -2.32. The fraction of sp³-hybridized carbons (Fsp3) is 0.467. The molecule has 1 fully saturated rings. The fourth-order valence-corrected chi connectivity index (χ4v) is 2.34. The highest BCUT2D eigenvalue weighted by molar-refractivity contribution is 6.62. The molecular weight excluding hydrogens is 267 g/mol. The van der Waals surface area contributed by atoms with Gasteiger partial charge in [-0.15, -0.1) is 0 Å². The predicted octanol–water partition coefficient (Wildman–Crippen LogP) is 1.94. The summed E-state index contributed by atoms with van der Waals surface area (Å²) in [6.07, 6.45) is 1.50. The molecule has 0 N–H and O–H groups in total. The van der Waals surface area contributed by atoms with Crippen LogP contribution in [0.2, 0.25) is 0 Å². The van der Waals surface area contributed by atoms with E-state index in [1.54, 1.807) is 7.11 Å². The molecule has 0 atom stereocenters. The van der Waals surface area contributed by atoms with E-state index in [1.807, 2.05) is 45.9 Å². The first-order valence-electron chi connectivity index (χ1n) is 6.98. The van der Waals surface area contributed by atoms with Gasteiger partial charge in [-0.3, -0.25) is 0 Å². The molecule has 0 bridgehead atoms. The number of ether oxygens (including phenoxy) is 1. The van der Waals surface area contributed by atoms with E-state index in [1.165, 1.54) is 6.33 Å². The smallest absolute Gasteiger partial charge is 0.480 e. The molecule has 1 aromatic heterocycles. The van der Waals surface area contributed by atoms with Gasteiger partial charge in [-0.05, 0) is 45.3 Å². The number of benzene rings is 1. The van der Waals surface area contributed by atoms with Crippen molar-refractivity contribution in [2.45, 2.75) is 38.9 Å². The van der Waals surface area contributed by atoms with Crippen LogP contribution in [0, 0.1) is 0 Å². The molecule has 1 aliphatic rings. The number of hydrogen-bond donors (Lipinski definition) is 0. The average molecular weight is 286 g/mol.